The molecule has 4 N–H and O–H groups in total. The summed E-state index contributed by atoms with van der Waals surface area (Å²) in [4.78, 5) is 12.8. The van der Waals surface area contributed by atoms with Crippen LogP contribution in [0.3, 0.4) is 0 Å². The molecule has 5 unspecified atom stereocenters. The molecule has 0 aromatic carbocycles. The molecule has 0 bridgehead atoms. The lowest BCUT2D eigenvalue weighted by Crippen LogP contribution is -2.62. The van der Waals surface area contributed by atoms with E-state index in [4.69, 9.17) is 4.74 Å². The van der Waals surface area contributed by atoms with Crippen LogP contribution in [0.15, 0.2) is 11.1 Å². The maximum atomic E-state index is 12.8. The van der Waals surface area contributed by atoms with E-state index in [-0.39, 0.29) is 5.57 Å². The standard InChI is InChI=1S/C16H24O6/c1-13(7-17)10(18)8-9(12(13)20)15(3,22-4)16(5-6-16)14(2,21)11(8)19/h10,12,17-18,20-21H,5-7H2,1-4H3. The fraction of sp³-hybridized carbons (Fsp3) is 0.812. The average molecular weight is 312 g/mol. The molecule has 6 nitrogen and oxygen atoms in total. The van der Waals surface area contributed by atoms with Crippen LogP contribution in [0.25, 0.3) is 0 Å². The number of hydrogen-bond acceptors (Lipinski definition) is 6. The summed E-state index contributed by atoms with van der Waals surface area (Å²) in [6.45, 7) is 4.25. The normalized spacial score (nSPS) is 49.7. The van der Waals surface area contributed by atoms with Crippen molar-refractivity contribution in [2.24, 2.45) is 10.8 Å². The Hall–Kier alpha value is -0.790. The minimum atomic E-state index is -1.67. The minimum Gasteiger partial charge on any atom is -0.396 e. The van der Waals surface area contributed by atoms with Gasteiger partial charge in [0, 0.05) is 23.7 Å². The summed E-state index contributed by atoms with van der Waals surface area (Å²) in [6.07, 6.45) is -1.34. The van der Waals surface area contributed by atoms with E-state index >= 15 is 0 Å². The highest BCUT2D eigenvalue weighted by Crippen LogP contribution is 2.70. The van der Waals surface area contributed by atoms with Crippen molar-refractivity contribution >= 4 is 5.78 Å². The lowest BCUT2D eigenvalue weighted by Gasteiger charge is -2.50. The van der Waals surface area contributed by atoms with Gasteiger partial charge in [-0.3, -0.25) is 4.79 Å². The van der Waals surface area contributed by atoms with Crippen molar-refractivity contribution in [3.63, 3.8) is 0 Å². The molecule has 1 fully saturated rings. The number of rotatable bonds is 2. The fourth-order valence-electron chi connectivity index (χ4n) is 4.64. The first-order valence-corrected chi connectivity index (χ1v) is 7.59. The van der Waals surface area contributed by atoms with Gasteiger partial charge in [-0.15, -0.1) is 0 Å². The number of hydrogen-bond donors (Lipinski definition) is 4. The Morgan fingerprint density at radius 2 is 1.73 bits per heavy atom. The lowest BCUT2D eigenvalue weighted by molar-refractivity contribution is -0.165. The Morgan fingerprint density at radius 3 is 2.14 bits per heavy atom. The van der Waals surface area contributed by atoms with Crippen LogP contribution in [0.2, 0.25) is 0 Å². The Kier molecular flexibility index (Phi) is 3.06. The predicted molar refractivity (Wildman–Crippen MR) is 76.9 cm³/mol. The molecule has 0 heterocycles. The maximum absolute atomic E-state index is 12.8. The first-order chi connectivity index (χ1) is 10.0. The van der Waals surface area contributed by atoms with E-state index in [0.29, 0.717) is 18.4 Å². The van der Waals surface area contributed by atoms with Gasteiger partial charge in [0.05, 0.1) is 29.8 Å². The number of ketones is 1. The third-order valence-electron chi connectivity index (χ3n) is 6.63. The van der Waals surface area contributed by atoms with Crippen LogP contribution in [0.1, 0.15) is 33.6 Å². The fourth-order valence-corrected chi connectivity index (χ4v) is 4.64. The summed E-state index contributed by atoms with van der Waals surface area (Å²) >= 11 is 0. The van der Waals surface area contributed by atoms with Gasteiger partial charge < -0.3 is 25.2 Å². The van der Waals surface area contributed by atoms with E-state index in [1.807, 2.05) is 0 Å². The second-order valence-electron chi connectivity index (χ2n) is 7.52. The molecule has 0 amide bonds. The monoisotopic (exact) mass is 312 g/mol. The summed E-state index contributed by atoms with van der Waals surface area (Å²) in [6, 6.07) is 0. The Balaban J connectivity index is 2.29. The molecule has 3 aliphatic carbocycles. The first-order valence-electron chi connectivity index (χ1n) is 7.59. The molecule has 1 saturated carbocycles. The Labute approximate surface area is 129 Å². The molecule has 22 heavy (non-hydrogen) atoms. The van der Waals surface area contributed by atoms with Crippen molar-refractivity contribution in [1.82, 2.24) is 0 Å². The first kappa shape index (κ1) is 16.1. The highest BCUT2D eigenvalue weighted by Gasteiger charge is 2.77. The lowest BCUT2D eigenvalue weighted by atomic mass is 9.61. The van der Waals surface area contributed by atoms with Crippen LogP contribution in [0.4, 0.5) is 0 Å². The molecule has 6 heteroatoms. The highest BCUT2D eigenvalue weighted by molar-refractivity contribution is 6.07. The second-order valence-corrected chi connectivity index (χ2v) is 7.52. The Bertz CT molecular complexity index is 575. The predicted octanol–water partition coefficient (Wildman–Crippen LogP) is -0.464. The van der Waals surface area contributed by atoms with E-state index in [2.05, 4.69) is 0 Å². The molecule has 0 aromatic rings. The van der Waals surface area contributed by atoms with Gasteiger partial charge in [-0.05, 0) is 26.7 Å². The molecule has 5 atom stereocenters. The van der Waals surface area contributed by atoms with E-state index in [0.717, 1.165) is 0 Å². The van der Waals surface area contributed by atoms with Crippen molar-refractivity contribution in [2.45, 2.75) is 57.0 Å². The van der Waals surface area contributed by atoms with Gasteiger partial charge in [0.25, 0.3) is 0 Å². The number of aliphatic hydroxyl groups is 4. The molecule has 124 valence electrons. The zero-order chi connectivity index (χ0) is 16.7. The van der Waals surface area contributed by atoms with E-state index in [9.17, 15) is 25.2 Å². The van der Waals surface area contributed by atoms with Gasteiger partial charge in [0.2, 0.25) is 0 Å². The van der Waals surface area contributed by atoms with Crippen LogP contribution in [-0.2, 0) is 9.53 Å². The highest BCUT2D eigenvalue weighted by atomic mass is 16.5. The summed E-state index contributed by atoms with van der Waals surface area (Å²) < 4.78 is 5.69. The van der Waals surface area contributed by atoms with E-state index in [1.54, 1.807) is 6.92 Å². The van der Waals surface area contributed by atoms with Gasteiger partial charge in [0.1, 0.15) is 5.60 Å². The molecular formula is C16H24O6. The smallest absolute Gasteiger partial charge is 0.193 e. The number of methoxy groups -OCH3 is 1. The molecule has 0 aromatic heterocycles. The van der Waals surface area contributed by atoms with E-state index in [1.165, 1.54) is 21.0 Å². The topological polar surface area (TPSA) is 107 Å². The van der Waals surface area contributed by atoms with Gasteiger partial charge in [-0.25, -0.2) is 0 Å². The van der Waals surface area contributed by atoms with Crippen molar-refractivity contribution in [3.05, 3.63) is 11.1 Å². The van der Waals surface area contributed by atoms with E-state index < -0.39 is 46.6 Å². The molecular weight excluding hydrogens is 288 g/mol. The Morgan fingerprint density at radius 1 is 1.18 bits per heavy atom. The quantitative estimate of drug-likeness (QED) is 0.549. The number of Topliss-reactive ketones (excluding diaryl/α,β-unsaturated/α-hetero) is 1. The summed E-state index contributed by atoms with van der Waals surface area (Å²) in [5, 5.41) is 41.8. The summed E-state index contributed by atoms with van der Waals surface area (Å²) in [5.41, 5.74) is -4.50. The van der Waals surface area contributed by atoms with Crippen molar-refractivity contribution in [1.29, 1.82) is 0 Å². The third-order valence-corrected chi connectivity index (χ3v) is 6.63. The molecule has 0 radical (unpaired) electrons. The minimum absolute atomic E-state index is 0.00377. The van der Waals surface area contributed by atoms with Crippen molar-refractivity contribution in [3.8, 4) is 0 Å². The molecule has 1 spiro atoms. The summed E-state index contributed by atoms with van der Waals surface area (Å²) in [5.74, 6) is -0.571. The maximum Gasteiger partial charge on any atom is 0.193 e. The van der Waals surface area contributed by atoms with Gasteiger partial charge in [-0.1, -0.05) is 6.92 Å². The van der Waals surface area contributed by atoms with Crippen molar-refractivity contribution < 1.29 is 30.0 Å². The summed E-state index contributed by atoms with van der Waals surface area (Å²) in [7, 11) is 1.48. The molecule has 3 rings (SSSR count). The number of aliphatic hydroxyl groups excluding tert-OH is 3. The average Bonchev–Trinajstić information content (AvgIpc) is 3.27. The zero-order valence-corrected chi connectivity index (χ0v) is 13.4. The largest absolute Gasteiger partial charge is 0.396 e. The van der Waals surface area contributed by atoms with Crippen molar-refractivity contribution in [2.75, 3.05) is 13.7 Å². The third kappa shape index (κ3) is 1.37. The second kappa shape index (κ2) is 4.19. The van der Waals surface area contributed by atoms with Crippen LogP contribution in [-0.4, -0.2) is 63.3 Å². The molecule has 0 saturated heterocycles. The van der Waals surface area contributed by atoms with Crippen LogP contribution >= 0.6 is 0 Å². The number of carbonyl (C=O) groups is 1. The molecule has 3 aliphatic rings. The SMILES string of the molecule is COC1(C)C2=C(C(=O)C(C)(O)C13CC3)C(O)C(C)(CO)C2O. The van der Waals surface area contributed by atoms with Crippen LogP contribution < -0.4 is 0 Å². The van der Waals surface area contributed by atoms with Gasteiger partial charge in [-0.2, -0.15) is 0 Å². The van der Waals surface area contributed by atoms with Gasteiger partial charge in [0.15, 0.2) is 5.78 Å². The van der Waals surface area contributed by atoms with Gasteiger partial charge >= 0.3 is 0 Å². The van der Waals surface area contributed by atoms with Crippen LogP contribution in [0.5, 0.6) is 0 Å². The van der Waals surface area contributed by atoms with Crippen LogP contribution in [0, 0.1) is 10.8 Å². The number of ether oxygens (including phenoxy) is 1. The zero-order valence-electron chi connectivity index (χ0n) is 13.4. The molecule has 0 aliphatic heterocycles. The number of carbonyl (C=O) groups excluding carboxylic acids is 1.